The van der Waals surface area contributed by atoms with Crippen molar-refractivity contribution in [3.63, 3.8) is 0 Å². The molecule has 74 valence electrons. The predicted molar refractivity (Wildman–Crippen MR) is 48.9 cm³/mol. The SMILES string of the molecule is Cc1c(N)n(N)c(=O)n(C)c1=O.O. The molecule has 13 heavy (non-hydrogen) atoms. The Morgan fingerprint density at radius 2 is 1.77 bits per heavy atom. The Labute approximate surface area is 73.5 Å². The molecule has 7 heteroatoms. The third kappa shape index (κ3) is 1.41. The molecule has 0 atom stereocenters. The molecule has 1 rings (SSSR count). The van der Waals surface area contributed by atoms with Crippen molar-refractivity contribution in [1.29, 1.82) is 0 Å². The number of nitrogen functional groups attached to an aromatic ring is 2. The highest BCUT2D eigenvalue weighted by Crippen LogP contribution is 1.96. The van der Waals surface area contributed by atoms with Gasteiger partial charge in [-0.1, -0.05) is 0 Å². The molecule has 0 aliphatic carbocycles. The van der Waals surface area contributed by atoms with Gasteiger partial charge in [-0.2, -0.15) is 4.68 Å². The molecule has 0 aliphatic rings. The summed E-state index contributed by atoms with van der Waals surface area (Å²) in [5.74, 6) is 5.27. The highest BCUT2D eigenvalue weighted by atomic mass is 16.2. The third-order valence-corrected chi connectivity index (χ3v) is 1.76. The van der Waals surface area contributed by atoms with Crippen molar-refractivity contribution in [2.24, 2.45) is 7.05 Å². The van der Waals surface area contributed by atoms with Gasteiger partial charge in [-0.15, -0.1) is 0 Å². The number of rotatable bonds is 0. The molecule has 6 N–H and O–H groups in total. The maximum atomic E-state index is 11.2. The molecule has 7 nitrogen and oxygen atoms in total. The van der Waals surface area contributed by atoms with Crippen LogP contribution in [0, 0.1) is 6.92 Å². The Bertz CT molecular complexity index is 393. The number of nitrogens with two attached hydrogens (primary N) is 2. The largest absolute Gasteiger partial charge is 0.412 e. The standard InChI is InChI=1S/C6H10N4O2.H2O/c1-3-4(7)10(8)6(12)9(2)5(3)11;/h7-8H2,1-2H3;1H2. The van der Waals surface area contributed by atoms with Gasteiger partial charge >= 0.3 is 5.69 Å². The summed E-state index contributed by atoms with van der Waals surface area (Å²) in [7, 11) is 1.35. The lowest BCUT2D eigenvalue weighted by molar-refractivity contribution is 0.709. The maximum Gasteiger partial charge on any atom is 0.350 e. The van der Waals surface area contributed by atoms with Crippen molar-refractivity contribution in [2.75, 3.05) is 11.6 Å². The predicted octanol–water partition coefficient (Wildman–Crippen LogP) is -2.67. The van der Waals surface area contributed by atoms with Crippen LogP contribution in [0.25, 0.3) is 0 Å². The summed E-state index contributed by atoms with van der Waals surface area (Å²) in [6, 6.07) is 0. The molecule has 0 fully saturated rings. The van der Waals surface area contributed by atoms with Crippen LogP contribution >= 0.6 is 0 Å². The Hall–Kier alpha value is -1.76. The highest BCUT2D eigenvalue weighted by molar-refractivity contribution is 5.37. The third-order valence-electron chi connectivity index (χ3n) is 1.76. The van der Waals surface area contributed by atoms with E-state index in [0.717, 1.165) is 9.24 Å². The second-order valence-corrected chi connectivity index (χ2v) is 2.53. The Kier molecular flexibility index (Phi) is 2.87. The quantitative estimate of drug-likeness (QED) is 0.430. The smallest absolute Gasteiger partial charge is 0.350 e. The molecule has 1 aromatic heterocycles. The van der Waals surface area contributed by atoms with Crippen molar-refractivity contribution in [1.82, 2.24) is 9.24 Å². The van der Waals surface area contributed by atoms with Crippen LogP contribution in [0.5, 0.6) is 0 Å². The zero-order chi connectivity index (χ0) is 9.46. The average Bonchev–Trinajstić information content (AvgIpc) is 2.08. The summed E-state index contributed by atoms with van der Waals surface area (Å²) >= 11 is 0. The molecule has 0 aromatic carbocycles. The first-order chi connectivity index (χ1) is 5.46. The van der Waals surface area contributed by atoms with Gasteiger partial charge in [0.15, 0.2) is 0 Å². The lowest BCUT2D eigenvalue weighted by Crippen LogP contribution is -2.43. The van der Waals surface area contributed by atoms with Crippen LogP contribution in [0.15, 0.2) is 9.59 Å². The van der Waals surface area contributed by atoms with E-state index >= 15 is 0 Å². The fourth-order valence-corrected chi connectivity index (χ4v) is 0.893. The molecule has 0 saturated carbocycles. The van der Waals surface area contributed by atoms with Crippen LogP contribution in [0.4, 0.5) is 5.82 Å². The van der Waals surface area contributed by atoms with Gasteiger partial charge in [-0.25, -0.2) is 4.79 Å². The average molecular weight is 188 g/mol. The molecule has 0 amide bonds. The fourth-order valence-electron chi connectivity index (χ4n) is 0.893. The van der Waals surface area contributed by atoms with E-state index in [-0.39, 0.29) is 16.9 Å². The van der Waals surface area contributed by atoms with Crippen LogP contribution < -0.4 is 22.8 Å². The molecule has 1 aromatic rings. The van der Waals surface area contributed by atoms with Gasteiger partial charge in [0.2, 0.25) is 0 Å². The van der Waals surface area contributed by atoms with Crippen LogP contribution in [0.1, 0.15) is 5.56 Å². The second kappa shape index (κ2) is 3.31. The van der Waals surface area contributed by atoms with Gasteiger partial charge in [0.05, 0.1) is 5.56 Å². The number of hydrogen-bond acceptors (Lipinski definition) is 4. The number of aromatic nitrogens is 2. The van der Waals surface area contributed by atoms with Crippen LogP contribution in [-0.2, 0) is 7.05 Å². The summed E-state index contributed by atoms with van der Waals surface area (Å²) in [4.78, 5) is 22.3. The van der Waals surface area contributed by atoms with E-state index in [1.165, 1.54) is 14.0 Å². The zero-order valence-electron chi connectivity index (χ0n) is 7.37. The molecule has 0 aliphatic heterocycles. The van der Waals surface area contributed by atoms with Crippen molar-refractivity contribution >= 4 is 5.82 Å². The Balaban J connectivity index is 0.00000144. The molecular weight excluding hydrogens is 176 g/mol. The minimum Gasteiger partial charge on any atom is -0.412 e. The van der Waals surface area contributed by atoms with E-state index in [4.69, 9.17) is 11.6 Å². The van der Waals surface area contributed by atoms with E-state index in [0.29, 0.717) is 0 Å². The zero-order valence-corrected chi connectivity index (χ0v) is 7.37. The molecule has 0 unspecified atom stereocenters. The summed E-state index contributed by atoms with van der Waals surface area (Å²) in [6.07, 6.45) is 0. The molecule has 0 bridgehead atoms. The van der Waals surface area contributed by atoms with Crippen molar-refractivity contribution < 1.29 is 5.48 Å². The first-order valence-electron chi connectivity index (χ1n) is 3.30. The minimum absolute atomic E-state index is 0. The van der Waals surface area contributed by atoms with E-state index in [2.05, 4.69) is 0 Å². The van der Waals surface area contributed by atoms with Crippen molar-refractivity contribution in [3.05, 3.63) is 26.4 Å². The number of nitrogens with zero attached hydrogens (tertiary/aromatic N) is 2. The molecular formula is C6H12N4O3. The topological polar surface area (TPSA) is 128 Å². The summed E-state index contributed by atoms with van der Waals surface area (Å²) in [5.41, 5.74) is 4.61. The molecule has 1 heterocycles. The van der Waals surface area contributed by atoms with Crippen LogP contribution in [0.2, 0.25) is 0 Å². The normalized spacial score (nSPS) is 9.38. The lowest BCUT2D eigenvalue weighted by Gasteiger charge is -2.06. The minimum atomic E-state index is -0.622. The molecule has 0 radical (unpaired) electrons. The van der Waals surface area contributed by atoms with E-state index in [1.807, 2.05) is 0 Å². The summed E-state index contributed by atoms with van der Waals surface area (Å²) in [5, 5.41) is 0. The van der Waals surface area contributed by atoms with Gasteiger partial charge < -0.3 is 17.1 Å². The van der Waals surface area contributed by atoms with Gasteiger partial charge in [-0.3, -0.25) is 9.36 Å². The summed E-state index contributed by atoms with van der Waals surface area (Å²) < 4.78 is 1.66. The molecule has 0 saturated heterocycles. The van der Waals surface area contributed by atoms with Crippen LogP contribution in [0.3, 0.4) is 0 Å². The fraction of sp³-hybridized carbons (Fsp3) is 0.333. The molecule has 0 spiro atoms. The number of anilines is 1. The van der Waals surface area contributed by atoms with E-state index in [1.54, 1.807) is 0 Å². The van der Waals surface area contributed by atoms with Crippen molar-refractivity contribution in [3.8, 4) is 0 Å². The van der Waals surface area contributed by atoms with Gasteiger partial charge in [-0.05, 0) is 6.92 Å². The Morgan fingerprint density at radius 3 is 2.23 bits per heavy atom. The van der Waals surface area contributed by atoms with Gasteiger partial charge in [0.25, 0.3) is 5.56 Å². The Morgan fingerprint density at radius 1 is 1.31 bits per heavy atom. The van der Waals surface area contributed by atoms with Gasteiger partial charge in [0, 0.05) is 7.05 Å². The lowest BCUT2D eigenvalue weighted by atomic mass is 10.3. The number of hydrogen-bond donors (Lipinski definition) is 2. The van der Waals surface area contributed by atoms with E-state index in [9.17, 15) is 9.59 Å². The maximum absolute atomic E-state index is 11.2. The monoisotopic (exact) mass is 188 g/mol. The summed E-state index contributed by atoms with van der Waals surface area (Å²) in [6.45, 7) is 1.51. The first kappa shape index (κ1) is 11.2. The first-order valence-corrected chi connectivity index (χ1v) is 3.30. The highest BCUT2D eigenvalue weighted by Gasteiger charge is 2.08. The van der Waals surface area contributed by atoms with Gasteiger partial charge in [0.1, 0.15) is 5.82 Å². The van der Waals surface area contributed by atoms with Crippen molar-refractivity contribution in [2.45, 2.75) is 6.92 Å². The second-order valence-electron chi connectivity index (χ2n) is 2.53. The van der Waals surface area contributed by atoms with Crippen LogP contribution in [-0.4, -0.2) is 14.7 Å². The van der Waals surface area contributed by atoms with E-state index < -0.39 is 11.2 Å².